The van der Waals surface area contributed by atoms with Crippen LogP contribution in [0, 0.1) is 11.3 Å². The lowest BCUT2D eigenvalue weighted by molar-refractivity contribution is -0.274. The normalized spacial score (nSPS) is 23.7. The lowest BCUT2D eigenvalue weighted by Crippen LogP contribution is -2.46. The van der Waals surface area contributed by atoms with Crippen LogP contribution in [0.25, 0.3) is 5.70 Å². The zero-order chi connectivity index (χ0) is 27.0. The fourth-order valence-electron chi connectivity index (χ4n) is 5.54. The molecule has 38 heavy (non-hydrogen) atoms. The van der Waals surface area contributed by atoms with E-state index in [0.717, 1.165) is 49.9 Å². The maximum absolute atomic E-state index is 13.1. The summed E-state index contributed by atoms with van der Waals surface area (Å²) in [6.45, 7) is 1.67. The first-order valence-electron chi connectivity index (χ1n) is 12.9. The highest BCUT2D eigenvalue weighted by molar-refractivity contribution is 6.05. The van der Waals surface area contributed by atoms with Crippen LogP contribution in [0.2, 0.25) is 0 Å². The Balaban J connectivity index is 1.32. The van der Waals surface area contributed by atoms with Gasteiger partial charge in [0.1, 0.15) is 11.6 Å². The molecule has 3 N–H and O–H groups in total. The second-order valence-corrected chi connectivity index (χ2v) is 10.3. The molecule has 2 atom stereocenters. The van der Waals surface area contributed by atoms with Crippen molar-refractivity contribution in [3.05, 3.63) is 59.3 Å². The molecule has 1 aliphatic carbocycles. The van der Waals surface area contributed by atoms with Crippen molar-refractivity contribution < 1.29 is 27.4 Å². The third-order valence-corrected chi connectivity index (χ3v) is 7.57. The highest BCUT2D eigenvalue weighted by Gasteiger charge is 2.42. The molecular weight excluding hydrogens is 497 g/mol. The summed E-state index contributed by atoms with van der Waals surface area (Å²) in [5.41, 5.74) is 7.80. The number of rotatable bonds is 9. The van der Waals surface area contributed by atoms with Crippen LogP contribution in [0.15, 0.2) is 48.2 Å². The number of hydrogen-bond donors (Lipinski definition) is 2. The van der Waals surface area contributed by atoms with Crippen LogP contribution >= 0.6 is 0 Å². The van der Waals surface area contributed by atoms with Crippen molar-refractivity contribution in [2.24, 2.45) is 11.7 Å². The summed E-state index contributed by atoms with van der Waals surface area (Å²) in [6.07, 6.45) is 1.73. The number of ketones is 1. The van der Waals surface area contributed by atoms with Gasteiger partial charge in [0.2, 0.25) is 0 Å². The van der Waals surface area contributed by atoms with Gasteiger partial charge >= 0.3 is 6.36 Å². The van der Waals surface area contributed by atoms with Crippen molar-refractivity contribution in [2.45, 2.75) is 70.0 Å². The molecule has 0 spiro atoms. The van der Waals surface area contributed by atoms with Gasteiger partial charge in [0, 0.05) is 46.6 Å². The summed E-state index contributed by atoms with van der Waals surface area (Å²) in [7, 11) is 0. The maximum Gasteiger partial charge on any atom is 0.573 e. The average molecular weight is 529 g/mol. The predicted octanol–water partition coefficient (Wildman–Crippen LogP) is 5.23. The monoisotopic (exact) mass is 528 g/mol. The topological polar surface area (TPSA) is 102 Å². The molecule has 2 saturated heterocycles. The minimum atomic E-state index is -4.88. The first-order valence-corrected chi connectivity index (χ1v) is 12.9. The van der Waals surface area contributed by atoms with Gasteiger partial charge in [-0.25, -0.2) is 4.98 Å². The molecule has 1 saturated carbocycles. The van der Waals surface area contributed by atoms with Gasteiger partial charge in [0.15, 0.2) is 5.78 Å². The Morgan fingerprint density at radius 3 is 2.37 bits per heavy atom. The number of ether oxygens (including phenoxy) is 2. The van der Waals surface area contributed by atoms with Crippen LogP contribution in [0.1, 0.15) is 56.6 Å². The van der Waals surface area contributed by atoms with E-state index in [1.807, 2.05) is 12.1 Å². The fraction of sp³-hybridized carbons (Fsp3) is 0.464. The number of pyridine rings is 1. The summed E-state index contributed by atoms with van der Waals surface area (Å²) < 4.78 is 49.3. The molecule has 7 nitrogen and oxygen atoms in total. The number of benzene rings is 1. The molecule has 0 radical (unpaired) electrons. The van der Waals surface area contributed by atoms with E-state index in [0.29, 0.717) is 5.71 Å². The van der Waals surface area contributed by atoms with Crippen molar-refractivity contribution in [1.29, 1.82) is 5.41 Å². The number of para-hydroxylation sites is 1. The number of carbonyl (C=O) groups excluding carboxylic acids is 1. The van der Waals surface area contributed by atoms with Crippen LogP contribution < -0.4 is 15.4 Å². The zero-order valence-electron chi connectivity index (χ0n) is 21.1. The van der Waals surface area contributed by atoms with Crippen molar-refractivity contribution in [1.82, 2.24) is 4.98 Å². The summed E-state index contributed by atoms with van der Waals surface area (Å²) in [6, 6.07) is 9.94. The SMILES string of the molecule is CC(=N)c1ccc(N2C3CCC2CC(OCC(C(=O)C2CC2)=C(N)c2ccccc2OC(F)(F)F)C3)nc1. The van der Waals surface area contributed by atoms with Crippen molar-refractivity contribution in [2.75, 3.05) is 11.5 Å². The number of aromatic nitrogens is 1. The number of hydrogen-bond acceptors (Lipinski definition) is 7. The van der Waals surface area contributed by atoms with Crippen molar-refractivity contribution >= 4 is 23.0 Å². The van der Waals surface area contributed by atoms with E-state index in [-0.39, 0.29) is 53.3 Å². The van der Waals surface area contributed by atoms with Crippen LogP contribution in [-0.2, 0) is 9.53 Å². The number of halogens is 3. The minimum absolute atomic E-state index is 0.0296. The third-order valence-electron chi connectivity index (χ3n) is 7.57. The number of carbonyl (C=O) groups is 1. The molecular formula is C28H31F3N4O3. The van der Waals surface area contributed by atoms with Crippen molar-refractivity contribution in [3.8, 4) is 5.75 Å². The lowest BCUT2D eigenvalue weighted by Gasteiger charge is -2.39. The Kier molecular flexibility index (Phi) is 7.17. The molecule has 1 aromatic carbocycles. The summed E-state index contributed by atoms with van der Waals surface area (Å²) >= 11 is 0. The van der Waals surface area contributed by atoms with E-state index in [4.69, 9.17) is 15.9 Å². The number of alkyl halides is 3. The Morgan fingerprint density at radius 1 is 1.11 bits per heavy atom. The molecule has 3 fully saturated rings. The molecule has 2 bridgehead atoms. The standard InChI is InChI=1S/C28H31F3N4O3/c1-16(32)18-8-11-25(34-14-18)35-19-9-10-20(35)13-21(12-19)37-15-23(27(36)17-6-7-17)26(33)22-4-2-3-5-24(22)38-28(29,30)31/h2-5,8,11,14,17,19-21,32H,6-7,9-10,12-13,15,33H2,1H3. The van der Waals surface area contributed by atoms with Gasteiger partial charge in [-0.15, -0.1) is 13.2 Å². The fourth-order valence-corrected chi connectivity index (χ4v) is 5.54. The van der Waals surface area contributed by atoms with E-state index in [9.17, 15) is 18.0 Å². The van der Waals surface area contributed by atoms with Crippen LogP contribution in [0.4, 0.5) is 19.0 Å². The van der Waals surface area contributed by atoms with Gasteiger partial charge in [-0.05, 0) is 69.7 Å². The molecule has 2 aromatic rings. The first kappa shape index (κ1) is 26.2. The number of nitrogens with zero attached hydrogens (tertiary/aromatic N) is 2. The molecule has 3 aliphatic rings. The Morgan fingerprint density at radius 2 is 1.79 bits per heavy atom. The number of fused-ring (bicyclic) bond motifs is 2. The molecule has 1 aromatic heterocycles. The minimum Gasteiger partial charge on any atom is -0.405 e. The van der Waals surface area contributed by atoms with E-state index in [2.05, 4.69) is 14.6 Å². The van der Waals surface area contributed by atoms with Gasteiger partial charge in [-0.2, -0.15) is 0 Å². The number of Topliss-reactive ketones (excluding diaryl/α,β-unsaturated/α-hetero) is 1. The van der Waals surface area contributed by atoms with E-state index < -0.39 is 12.1 Å². The van der Waals surface area contributed by atoms with Gasteiger partial charge in [-0.3, -0.25) is 4.79 Å². The van der Waals surface area contributed by atoms with Crippen molar-refractivity contribution in [3.63, 3.8) is 0 Å². The average Bonchev–Trinajstić information content (AvgIpc) is 3.68. The Hall–Kier alpha value is -3.40. The number of piperidine rings is 1. The Bertz CT molecular complexity index is 1230. The zero-order valence-corrected chi connectivity index (χ0v) is 21.1. The quantitative estimate of drug-likeness (QED) is 0.341. The number of anilines is 1. The largest absolute Gasteiger partial charge is 0.573 e. The first-order chi connectivity index (χ1) is 18.1. The Labute approximate surface area is 219 Å². The lowest BCUT2D eigenvalue weighted by atomic mass is 9.98. The van der Waals surface area contributed by atoms with Crippen LogP contribution in [0.5, 0.6) is 5.75 Å². The molecule has 3 heterocycles. The predicted molar refractivity (Wildman–Crippen MR) is 137 cm³/mol. The van der Waals surface area contributed by atoms with Crippen LogP contribution in [-0.4, -0.2) is 47.6 Å². The molecule has 10 heteroatoms. The number of nitrogens with one attached hydrogen (secondary N) is 1. The number of nitrogens with two attached hydrogens (primary N) is 1. The second kappa shape index (κ2) is 10.4. The highest BCUT2D eigenvalue weighted by atomic mass is 19.4. The summed E-state index contributed by atoms with van der Waals surface area (Å²) in [4.78, 5) is 20.0. The van der Waals surface area contributed by atoms with E-state index in [1.165, 1.54) is 18.2 Å². The summed E-state index contributed by atoms with van der Waals surface area (Å²) in [5.74, 6) is 0.104. The van der Waals surface area contributed by atoms with Gasteiger partial charge in [0.25, 0.3) is 0 Å². The summed E-state index contributed by atoms with van der Waals surface area (Å²) in [5, 5.41) is 7.78. The van der Waals surface area contributed by atoms with Crippen LogP contribution in [0.3, 0.4) is 0 Å². The molecule has 2 unspecified atom stereocenters. The smallest absolute Gasteiger partial charge is 0.405 e. The maximum atomic E-state index is 13.1. The second-order valence-electron chi connectivity index (χ2n) is 10.3. The molecule has 202 valence electrons. The highest BCUT2D eigenvalue weighted by Crippen LogP contribution is 2.41. The van der Waals surface area contributed by atoms with Gasteiger partial charge < -0.3 is 25.5 Å². The van der Waals surface area contributed by atoms with Gasteiger partial charge in [-0.1, -0.05) is 12.1 Å². The third kappa shape index (κ3) is 5.70. The molecule has 2 aliphatic heterocycles. The molecule has 0 amide bonds. The van der Waals surface area contributed by atoms with E-state index in [1.54, 1.807) is 19.2 Å². The molecule has 5 rings (SSSR count). The van der Waals surface area contributed by atoms with Gasteiger partial charge in [0.05, 0.1) is 18.4 Å². The van der Waals surface area contributed by atoms with E-state index >= 15 is 0 Å².